The first kappa shape index (κ1) is 22.4. The smallest absolute Gasteiger partial charge is 0.232 e. The van der Waals surface area contributed by atoms with Crippen LogP contribution in [0.1, 0.15) is 42.9 Å². The molecule has 0 radical (unpaired) electrons. The molecule has 3 rings (SSSR count). The van der Waals surface area contributed by atoms with Crippen molar-refractivity contribution in [1.82, 2.24) is 20.2 Å². The molecular formula is C24H33N5O. The number of nitrogens with one attached hydrogen (secondary N) is 1. The summed E-state index contributed by atoms with van der Waals surface area (Å²) in [5.41, 5.74) is 5.29. The number of hydrogen-bond donors (Lipinski definition) is 1. The molecule has 0 atom stereocenters. The monoisotopic (exact) mass is 407 g/mol. The van der Waals surface area contributed by atoms with Gasteiger partial charge in [0, 0.05) is 36.4 Å². The second-order valence-electron chi connectivity index (χ2n) is 8.78. The summed E-state index contributed by atoms with van der Waals surface area (Å²) >= 11 is 0. The topological polar surface area (TPSA) is 74.1 Å². The summed E-state index contributed by atoms with van der Waals surface area (Å²) in [7, 11) is 0. The molecule has 0 bridgehead atoms. The Labute approximate surface area is 180 Å². The first-order valence-electron chi connectivity index (χ1n) is 10.8. The van der Waals surface area contributed by atoms with Gasteiger partial charge in [-0.25, -0.2) is 9.97 Å². The summed E-state index contributed by atoms with van der Waals surface area (Å²) in [4.78, 5) is 11.3. The largest absolute Gasteiger partial charge is 0.379 e. The molecule has 1 aromatic heterocycles. The predicted molar refractivity (Wildman–Crippen MR) is 119 cm³/mol. The average molecular weight is 408 g/mol. The summed E-state index contributed by atoms with van der Waals surface area (Å²) in [6, 6.07) is 10.4. The number of morpholine rings is 1. The van der Waals surface area contributed by atoms with Crippen molar-refractivity contribution in [2.75, 3.05) is 39.4 Å². The molecule has 0 unspecified atom stereocenters. The van der Waals surface area contributed by atoms with Crippen molar-refractivity contribution >= 4 is 0 Å². The van der Waals surface area contributed by atoms with Gasteiger partial charge in [-0.3, -0.25) is 4.90 Å². The van der Waals surface area contributed by atoms with Crippen LogP contribution in [0, 0.1) is 25.2 Å². The molecule has 160 valence electrons. The zero-order chi connectivity index (χ0) is 21.6. The van der Waals surface area contributed by atoms with E-state index in [1.807, 2.05) is 6.07 Å². The van der Waals surface area contributed by atoms with Gasteiger partial charge in [0.2, 0.25) is 5.82 Å². The molecule has 1 aliphatic heterocycles. The standard InChI is InChI=1S/C24H33N5O/c1-18-7-8-20(14-19(18)2)22-15-21(27-23(16-25)28-22)6-5-9-26-24(3,4)17-29-10-12-30-13-11-29/h7-8,14-15,26H,5-6,9-13,17H2,1-4H3. The van der Waals surface area contributed by atoms with E-state index >= 15 is 0 Å². The Kier molecular flexibility index (Phi) is 7.54. The molecule has 1 aromatic carbocycles. The van der Waals surface area contributed by atoms with Gasteiger partial charge >= 0.3 is 0 Å². The molecule has 1 aliphatic rings. The number of nitriles is 1. The minimum Gasteiger partial charge on any atom is -0.379 e. The quantitative estimate of drug-likeness (QED) is 0.677. The Bertz CT molecular complexity index is 897. The Morgan fingerprint density at radius 1 is 1.13 bits per heavy atom. The van der Waals surface area contributed by atoms with Gasteiger partial charge in [-0.05, 0) is 70.3 Å². The van der Waals surface area contributed by atoms with Gasteiger partial charge in [-0.1, -0.05) is 12.1 Å². The van der Waals surface area contributed by atoms with E-state index in [1.165, 1.54) is 11.1 Å². The van der Waals surface area contributed by atoms with Crippen LogP contribution < -0.4 is 5.32 Å². The van der Waals surface area contributed by atoms with Gasteiger partial charge in [-0.2, -0.15) is 5.26 Å². The third kappa shape index (κ3) is 6.33. The summed E-state index contributed by atoms with van der Waals surface area (Å²) in [6.45, 7) is 14.3. The molecule has 6 nitrogen and oxygen atoms in total. The maximum Gasteiger partial charge on any atom is 0.232 e. The van der Waals surface area contributed by atoms with Crippen molar-refractivity contribution in [3.63, 3.8) is 0 Å². The van der Waals surface area contributed by atoms with Crippen LogP contribution in [0.25, 0.3) is 11.3 Å². The zero-order valence-corrected chi connectivity index (χ0v) is 18.7. The lowest BCUT2D eigenvalue weighted by atomic mass is 10.0. The fourth-order valence-corrected chi connectivity index (χ4v) is 3.79. The molecule has 2 aromatic rings. The van der Waals surface area contributed by atoms with Crippen LogP contribution in [0.5, 0.6) is 0 Å². The van der Waals surface area contributed by atoms with Crippen molar-refractivity contribution in [3.8, 4) is 17.3 Å². The summed E-state index contributed by atoms with van der Waals surface area (Å²) in [5, 5.41) is 13.0. The normalized spacial score (nSPS) is 15.2. The average Bonchev–Trinajstić information content (AvgIpc) is 2.73. The highest BCUT2D eigenvalue weighted by atomic mass is 16.5. The van der Waals surface area contributed by atoms with Crippen molar-refractivity contribution < 1.29 is 4.74 Å². The minimum absolute atomic E-state index is 0.0470. The second-order valence-corrected chi connectivity index (χ2v) is 8.78. The molecule has 2 heterocycles. The van der Waals surface area contributed by atoms with E-state index in [0.717, 1.165) is 69.2 Å². The highest BCUT2D eigenvalue weighted by Gasteiger charge is 2.22. The molecular weight excluding hydrogens is 374 g/mol. The Morgan fingerprint density at radius 2 is 1.90 bits per heavy atom. The Hall–Kier alpha value is -2.33. The summed E-state index contributed by atoms with van der Waals surface area (Å²) in [5.74, 6) is 0.237. The van der Waals surface area contributed by atoms with Crippen LogP contribution in [-0.2, 0) is 11.2 Å². The molecule has 30 heavy (non-hydrogen) atoms. The molecule has 0 saturated carbocycles. The van der Waals surface area contributed by atoms with Crippen LogP contribution in [-0.4, -0.2) is 59.8 Å². The first-order valence-corrected chi connectivity index (χ1v) is 10.8. The highest BCUT2D eigenvalue weighted by molar-refractivity contribution is 5.61. The van der Waals surface area contributed by atoms with Crippen molar-refractivity contribution in [1.29, 1.82) is 5.26 Å². The molecule has 1 fully saturated rings. The minimum atomic E-state index is 0.0470. The second kappa shape index (κ2) is 10.1. The molecule has 0 aliphatic carbocycles. The van der Waals surface area contributed by atoms with Crippen LogP contribution >= 0.6 is 0 Å². The lowest BCUT2D eigenvalue weighted by molar-refractivity contribution is 0.0270. The van der Waals surface area contributed by atoms with Crippen LogP contribution in [0.3, 0.4) is 0 Å². The number of nitrogens with zero attached hydrogens (tertiary/aromatic N) is 4. The molecule has 1 saturated heterocycles. The van der Waals surface area contributed by atoms with Crippen LogP contribution in [0.2, 0.25) is 0 Å². The number of aryl methyl sites for hydroxylation is 3. The fourth-order valence-electron chi connectivity index (χ4n) is 3.79. The number of ether oxygens (including phenoxy) is 1. The van der Waals surface area contributed by atoms with E-state index in [-0.39, 0.29) is 11.4 Å². The van der Waals surface area contributed by atoms with Crippen LogP contribution in [0.15, 0.2) is 24.3 Å². The van der Waals surface area contributed by atoms with Gasteiger partial charge in [0.15, 0.2) is 0 Å². The van der Waals surface area contributed by atoms with E-state index in [9.17, 15) is 5.26 Å². The summed E-state index contributed by atoms with van der Waals surface area (Å²) < 4.78 is 5.44. The number of hydrogen-bond acceptors (Lipinski definition) is 6. The SMILES string of the molecule is Cc1ccc(-c2cc(CCCNC(C)(C)CN3CCOCC3)nc(C#N)n2)cc1C. The predicted octanol–water partition coefficient (Wildman–Crippen LogP) is 3.27. The van der Waals surface area contributed by atoms with Crippen LogP contribution in [0.4, 0.5) is 0 Å². The number of aromatic nitrogens is 2. The Morgan fingerprint density at radius 3 is 2.60 bits per heavy atom. The molecule has 0 amide bonds. The summed E-state index contributed by atoms with van der Waals surface area (Å²) in [6.07, 6.45) is 1.77. The molecule has 6 heteroatoms. The van der Waals surface area contributed by atoms with Crippen molar-refractivity contribution in [3.05, 3.63) is 46.9 Å². The van der Waals surface area contributed by atoms with E-state index in [0.29, 0.717) is 0 Å². The Balaban J connectivity index is 1.58. The van der Waals surface area contributed by atoms with Gasteiger partial charge in [0.25, 0.3) is 0 Å². The molecule has 0 spiro atoms. The lowest BCUT2D eigenvalue weighted by Gasteiger charge is -2.35. The van der Waals surface area contributed by atoms with Gasteiger partial charge < -0.3 is 10.1 Å². The number of benzene rings is 1. The van der Waals surface area contributed by atoms with Crippen molar-refractivity contribution in [2.45, 2.75) is 46.1 Å². The van der Waals surface area contributed by atoms with E-state index in [2.05, 4.69) is 72.1 Å². The lowest BCUT2D eigenvalue weighted by Crippen LogP contribution is -2.52. The van der Waals surface area contributed by atoms with Crippen molar-refractivity contribution in [2.24, 2.45) is 0 Å². The maximum absolute atomic E-state index is 9.37. The highest BCUT2D eigenvalue weighted by Crippen LogP contribution is 2.21. The number of rotatable bonds is 8. The fraction of sp³-hybridized carbons (Fsp3) is 0.542. The third-order valence-corrected chi connectivity index (χ3v) is 5.62. The zero-order valence-electron chi connectivity index (χ0n) is 18.7. The van der Waals surface area contributed by atoms with Gasteiger partial charge in [0.1, 0.15) is 6.07 Å². The maximum atomic E-state index is 9.37. The first-order chi connectivity index (χ1) is 14.4. The molecule has 1 N–H and O–H groups in total. The van der Waals surface area contributed by atoms with Gasteiger partial charge in [-0.15, -0.1) is 0 Å². The van der Waals surface area contributed by atoms with E-state index in [1.54, 1.807) is 0 Å². The van der Waals surface area contributed by atoms with Gasteiger partial charge in [0.05, 0.1) is 18.9 Å². The van der Waals surface area contributed by atoms with E-state index < -0.39 is 0 Å². The van der Waals surface area contributed by atoms with E-state index in [4.69, 9.17) is 4.74 Å². The third-order valence-electron chi connectivity index (χ3n) is 5.62.